The predicted octanol–water partition coefficient (Wildman–Crippen LogP) is 3.05. The molecule has 0 radical (unpaired) electrons. The predicted molar refractivity (Wildman–Crippen MR) is 87.1 cm³/mol. The third-order valence-electron chi connectivity index (χ3n) is 8.43. The molecular formula is C20H26O4. The molecule has 8 atom stereocenters. The van der Waals surface area contributed by atoms with E-state index in [2.05, 4.69) is 19.9 Å². The minimum absolute atomic E-state index is 0.00288. The molecule has 0 N–H and O–H groups in total. The smallest absolute Gasteiger partial charge is 0.302 e. The van der Waals surface area contributed by atoms with Crippen LogP contribution in [0.15, 0.2) is 12.2 Å². The van der Waals surface area contributed by atoms with Crippen LogP contribution in [0, 0.1) is 28.6 Å². The normalized spacial score (nSPS) is 57.0. The molecule has 4 nitrogen and oxygen atoms in total. The van der Waals surface area contributed by atoms with E-state index in [1.54, 1.807) is 6.08 Å². The van der Waals surface area contributed by atoms with Crippen LogP contribution in [0.2, 0.25) is 0 Å². The number of epoxide rings is 1. The fourth-order valence-electron chi connectivity index (χ4n) is 7.18. The van der Waals surface area contributed by atoms with Crippen molar-refractivity contribution in [2.24, 2.45) is 28.6 Å². The first-order valence-electron chi connectivity index (χ1n) is 9.40. The highest BCUT2D eigenvalue weighted by Crippen LogP contribution is 2.74. The summed E-state index contributed by atoms with van der Waals surface area (Å²) >= 11 is 0. The first kappa shape index (κ1) is 15.1. The number of carbonyl (C=O) groups is 2. The quantitative estimate of drug-likeness (QED) is 0.548. The summed E-state index contributed by atoms with van der Waals surface area (Å²) in [7, 11) is 0. The van der Waals surface area contributed by atoms with E-state index in [0.29, 0.717) is 17.8 Å². The molecule has 2 unspecified atom stereocenters. The number of fused-ring (bicyclic) bond motifs is 4. The van der Waals surface area contributed by atoms with Crippen LogP contribution >= 0.6 is 0 Å². The highest BCUT2D eigenvalue weighted by molar-refractivity contribution is 5.98. The van der Waals surface area contributed by atoms with E-state index in [-0.39, 0.29) is 40.4 Å². The van der Waals surface area contributed by atoms with Crippen molar-refractivity contribution in [3.63, 3.8) is 0 Å². The molecule has 3 saturated carbocycles. The van der Waals surface area contributed by atoms with Gasteiger partial charge in [0, 0.05) is 17.8 Å². The molecule has 1 spiro atoms. The maximum absolute atomic E-state index is 12.1. The van der Waals surface area contributed by atoms with Gasteiger partial charge in [0.15, 0.2) is 11.9 Å². The Morgan fingerprint density at radius 1 is 1.25 bits per heavy atom. The largest absolute Gasteiger partial charge is 0.462 e. The Morgan fingerprint density at radius 3 is 2.79 bits per heavy atom. The molecule has 0 aromatic rings. The average Bonchev–Trinajstić information content (AvgIpc) is 3.10. The van der Waals surface area contributed by atoms with Gasteiger partial charge in [0.2, 0.25) is 0 Å². The molecule has 0 amide bonds. The second kappa shape index (κ2) is 4.32. The van der Waals surface area contributed by atoms with Crippen LogP contribution < -0.4 is 0 Å². The molecule has 4 aliphatic carbocycles. The Labute approximate surface area is 143 Å². The van der Waals surface area contributed by atoms with Crippen molar-refractivity contribution in [3.05, 3.63) is 12.2 Å². The Hall–Kier alpha value is -1.16. The van der Waals surface area contributed by atoms with Gasteiger partial charge in [-0.05, 0) is 55.9 Å². The number of ketones is 1. The molecule has 5 aliphatic rings. The second-order valence-corrected chi connectivity index (χ2v) is 9.21. The molecule has 4 fully saturated rings. The van der Waals surface area contributed by atoms with Gasteiger partial charge in [-0.25, -0.2) is 0 Å². The molecule has 5 rings (SSSR count). The number of carbonyl (C=O) groups excluding carboxylic acids is 2. The minimum Gasteiger partial charge on any atom is -0.462 e. The zero-order valence-corrected chi connectivity index (χ0v) is 14.7. The highest BCUT2D eigenvalue weighted by atomic mass is 16.6. The first-order chi connectivity index (χ1) is 11.3. The SMILES string of the molecule is CC(=O)OC1CC[C@H]2C3C[C@@]45O[C@@H]4C(=O)C=C[C@]5(C)[C@H]3CC[C@]12C. The van der Waals surface area contributed by atoms with Crippen molar-refractivity contribution in [1.82, 2.24) is 0 Å². The molecule has 24 heavy (non-hydrogen) atoms. The summed E-state index contributed by atoms with van der Waals surface area (Å²) in [6, 6.07) is 0. The summed E-state index contributed by atoms with van der Waals surface area (Å²) in [5.41, 5.74) is -0.151. The van der Waals surface area contributed by atoms with Crippen LogP contribution in [0.3, 0.4) is 0 Å². The van der Waals surface area contributed by atoms with Gasteiger partial charge in [-0.2, -0.15) is 0 Å². The van der Waals surface area contributed by atoms with E-state index in [4.69, 9.17) is 9.47 Å². The van der Waals surface area contributed by atoms with E-state index >= 15 is 0 Å². The van der Waals surface area contributed by atoms with E-state index in [1.165, 1.54) is 6.92 Å². The van der Waals surface area contributed by atoms with Gasteiger partial charge in [0.25, 0.3) is 0 Å². The van der Waals surface area contributed by atoms with Gasteiger partial charge in [0.1, 0.15) is 11.7 Å². The van der Waals surface area contributed by atoms with Gasteiger partial charge in [-0.15, -0.1) is 0 Å². The minimum atomic E-state index is -0.237. The molecule has 130 valence electrons. The van der Waals surface area contributed by atoms with Crippen LogP contribution in [0.25, 0.3) is 0 Å². The Bertz CT molecular complexity index is 669. The first-order valence-corrected chi connectivity index (χ1v) is 9.40. The molecule has 1 heterocycles. The zero-order chi connectivity index (χ0) is 16.9. The Morgan fingerprint density at radius 2 is 2.04 bits per heavy atom. The Kier molecular flexibility index (Phi) is 2.72. The standard InChI is InChI=1S/C20H26O4/c1-11(21)23-16-5-4-13-12-10-20-17(24-20)15(22)7-9-19(20,3)14(12)6-8-18(13,16)2/h7,9,12-14,16-17H,4-6,8,10H2,1-3H3/t12?,13-,14-,16?,17+,18-,19+,20+/m0/s1. The van der Waals surface area contributed by atoms with Crippen molar-refractivity contribution >= 4 is 11.8 Å². The monoisotopic (exact) mass is 330 g/mol. The zero-order valence-electron chi connectivity index (χ0n) is 14.7. The summed E-state index contributed by atoms with van der Waals surface area (Å²) in [6.07, 6.45) is 9.14. The van der Waals surface area contributed by atoms with Crippen molar-refractivity contribution < 1.29 is 19.1 Å². The number of rotatable bonds is 1. The van der Waals surface area contributed by atoms with Crippen molar-refractivity contribution in [3.8, 4) is 0 Å². The summed E-state index contributed by atoms with van der Waals surface area (Å²) < 4.78 is 11.8. The highest BCUT2D eigenvalue weighted by Gasteiger charge is 2.78. The van der Waals surface area contributed by atoms with Crippen molar-refractivity contribution in [2.45, 2.75) is 70.7 Å². The van der Waals surface area contributed by atoms with Gasteiger partial charge in [-0.1, -0.05) is 19.9 Å². The topological polar surface area (TPSA) is 55.9 Å². The summed E-state index contributed by atoms with van der Waals surface area (Å²) in [5.74, 6) is 1.73. The average molecular weight is 330 g/mol. The summed E-state index contributed by atoms with van der Waals surface area (Å²) in [4.78, 5) is 23.6. The van der Waals surface area contributed by atoms with Gasteiger partial charge < -0.3 is 9.47 Å². The number of hydrogen-bond donors (Lipinski definition) is 0. The van der Waals surface area contributed by atoms with Crippen LogP contribution in [-0.2, 0) is 19.1 Å². The van der Waals surface area contributed by atoms with Crippen LogP contribution in [0.5, 0.6) is 0 Å². The Balaban J connectivity index is 1.49. The number of ether oxygens (including phenoxy) is 2. The summed E-state index contributed by atoms with van der Waals surface area (Å²) in [6.45, 7) is 6.15. The lowest BCUT2D eigenvalue weighted by atomic mass is 9.57. The van der Waals surface area contributed by atoms with Crippen LogP contribution in [-0.4, -0.2) is 29.6 Å². The fourth-order valence-corrected chi connectivity index (χ4v) is 7.18. The molecule has 4 heteroatoms. The molecule has 1 aliphatic heterocycles. The van der Waals surface area contributed by atoms with Crippen molar-refractivity contribution in [1.29, 1.82) is 0 Å². The second-order valence-electron chi connectivity index (χ2n) is 9.21. The number of hydrogen-bond acceptors (Lipinski definition) is 4. The fraction of sp³-hybridized carbons (Fsp3) is 0.800. The molecular weight excluding hydrogens is 304 g/mol. The van der Waals surface area contributed by atoms with Gasteiger partial charge in [-0.3, -0.25) is 9.59 Å². The van der Waals surface area contributed by atoms with E-state index in [0.717, 1.165) is 32.1 Å². The molecule has 0 bridgehead atoms. The van der Waals surface area contributed by atoms with Crippen LogP contribution in [0.1, 0.15) is 52.9 Å². The third-order valence-corrected chi connectivity index (χ3v) is 8.43. The van der Waals surface area contributed by atoms with E-state index in [1.807, 2.05) is 0 Å². The maximum atomic E-state index is 12.1. The lowest BCUT2D eigenvalue weighted by Gasteiger charge is -2.48. The van der Waals surface area contributed by atoms with Crippen molar-refractivity contribution in [2.75, 3.05) is 0 Å². The lowest BCUT2D eigenvalue weighted by Crippen LogP contribution is -2.46. The van der Waals surface area contributed by atoms with Crippen LogP contribution in [0.4, 0.5) is 0 Å². The summed E-state index contributed by atoms with van der Waals surface area (Å²) in [5, 5.41) is 0. The lowest BCUT2D eigenvalue weighted by molar-refractivity contribution is -0.155. The number of esters is 1. The van der Waals surface area contributed by atoms with E-state index in [9.17, 15) is 9.59 Å². The van der Waals surface area contributed by atoms with Gasteiger partial charge >= 0.3 is 5.97 Å². The van der Waals surface area contributed by atoms with E-state index < -0.39 is 0 Å². The van der Waals surface area contributed by atoms with Gasteiger partial charge in [0.05, 0.1) is 0 Å². The molecule has 1 saturated heterocycles. The third kappa shape index (κ3) is 1.55. The molecule has 0 aromatic carbocycles. The molecule has 0 aromatic heterocycles. The maximum Gasteiger partial charge on any atom is 0.302 e.